The Kier molecular flexibility index (Phi) is 6.67. The van der Waals surface area contributed by atoms with Gasteiger partial charge in [-0.05, 0) is 18.2 Å². The number of H-pyrrole nitrogens is 2. The van der Waals surface area contributed by atoms with Gasteiger partial charge in [-0.2, -0.15) is 0 Å². The highest BCUT2D eigenvalue weighted by molar-refractivity contribution is 6.31. The standard InChI is InChI=1S/C32H5ClF12N8/c33-4-1-2-5-6(3-4)26-46-25(5)47-27-7-9(15(36)21(42)19(40)13(7)34)29(49-27)51-31-11-12(18(39)24(45)23(44)17(11)38)32(53-31)52-30-10-8(28(48-26)50-30)14(35)20(41)22(43)16(10)37/h1-3H,(H2,46,47,48,49,50,51,52,53). The van der Waals surface area contributed by atoms with E-state index < -0.39 is 148 Å². The van der Waals surface area contributed by atoms with Gasteiger partial charge in [0.1, 0.15) is 22.6 Å². The highest BCUT2D eigenvalue weighted by atomic mass is 35.5. The van der Waals surface area contributed by atoms with Crippen LogP contribution < -0.4 is 0 Å². The van der Waals surface area contributed by atoms with E-state index in [1.807, 2.05) is 0 Å². The van der Waals surface area contributed by atoms with Gasteiger partial charge in [-0.15, -0.1) is 0 Å². The van der Waals surface area contributed by atoms with E-state index in [0.29, 0.717) is 0 Å². The van der Waals surface area contributed by atoms with Crippen LogP contribution in [0.2, 0.25) is 5.02 Å². The molecule has 53 heavy (non-hydrogen) atoms. The minimum absolute atomic E-state index is 0.00134. The van der Waals surface area contributed by atoms with Crippen molar-refractivity contribution in [2.75, 3.05) is 0 Å². The molecule has 264 valence electrons. The van der Waals surface area contributed by atoms with Crippen molar-refractivity contribution in [1.29, 1.82) is 0 Å². The van der Waals surface area contributed by atoms with Gasteiger partial charge in [0.15, 0.2) is 93.1 Å². The maximum absolute atomic E-state index is 15.4. The monoisotopic (exact) mass is 764 g/mol. The normalized spacial score (nSPS) is 12.2. The summed E-state index contributed by atoms with van der Waals surface area (Å²) in [5, 5.41) is -4.82. The molecule has 0 fully saturated rings. The first-order valence-electron chi connectivity index (χ1n) is 14.4. The lowest BCUT2D eigenvalue weighted by atomic mass is 10.1. The molecule has 21 heteroatoms. The van der Waals surface area contributed by atoms with Crippen LogP contribution in [0.4, 0.5) is 52.7 Å². The van der Waals surface area contributed by atoms with Crippen LogP contribution >= 0.6 is 11.6 Å². The van der Waals surface area contributed by atoms with Crippen LogP contribution in [0.1, 0.15) is 0 Å². The van der Waals surface area contributed by atoms with Gasteiger partial charge in [0.2, 0.25) is 0 Å². The van der Waals surface area contributed by atoms with Crippen LogP contribution in [-0.2, 0) is 0 Å². The molecule has 2 aliphatic heterocycles. The van der Waals surface area contributed by atoms with Gasteiger partial charge in [-0.3, -0.25) is 0 Å². The molecule has 3 aromatic heterocycles. The maximum Gasteiger partial charge on any atom is 0.198 e. The van der Waals surface area contributed by atoms with Crippen LogP contribution in [0.5, 0.6) is 0 Å². The third-order valence-corrected chi connectivity index (χ3v) is 8.66. The summed E-state index contributed by atoms with van der Waals surface area (Å²) >= 11 is 6.15. The lowest BCUT2D eigenvalue weighted by Gasteiger charge is -2.05. The molecule has 5 heterocycles. The van der Waals surface area contributed by atoms with Crippen molar-refractivity contribution in [3.05, 3.63) is 93.0 Å². The van der Waals surface area contributed by atoms with Crippen molar-refractivity contribution in [3.8, 4) is 45.6 Å². The Morgan fingerprint density at radius 2 is 0.698 bits per heavy atom. The van der Waals surface area contributed by atoms with E-state index in [9.17, 15) is 26.3 Å². The van der Waals surface area contributed by atoms with Gasteiger partial charge in [0, 0.05) is 16.1 Å². The van der Waals surface area contributed by atoms with Gasteiger partial charge >= 0.3 is 0 Å². The number of aromatic nitrogens is 8. The largest absolute Gasteiger partial charge is 0.324 e. The molecule has 7 aromatic rings. The van der Waals surface area contributed by atoms with Crippen LogP contribution in [0.25, 0.3) is 89.7 Å². The minimum Gasteiger partial charge on any atom is -0.324 e. The Balaban J connectivity index is 1.59. The van der Waals surface area contributed by atoms with E-state index >= 15 is 26.3 Å². The quantitative estimate of drug-likeness (QED) is 0.0906. The fraction of sp³-hybridized carbons (Fsp3) is 0. The van der Waals surface area contributed by atoms with E-state index in [1.165, 1.54) is 18.2 Å². The molecular formula is C32H5ClF12N8. The first kappa shape index (κ1) is 32.6. The molecule has 0 saturated carbocycles. The van der Waals surface area contributed by atoms with E-state index in [2.05, 4.69) is 39.9 Å². The zero-order valence-corrected chi connectivity index (χ0v) is 25.6. The van der Waals surface area contributed by atoms with Crippen LogP contribution in [0.15, 0.2) is 18.2 Å². The average Bonchev–Trinajstić information content (AvgIpc) is 3.87. The summed E-state index contributed by atoms with van der Waals surface area (Å²) in [5.74, 6) is -29.7. The van der Waals surface area contributed by atoms with Gasteiger partial charge in [0.25, 0.3) is 0 Å². The number of rotatable bonds is 0. The highest BCUT2D eigenvalue weighted by Gasteiger charge is 2.35. The molecule has 0 spiro atoms. The number of aromatic amines is 2. The maximum atomic E-state index is 15.4. The number of halogens is 13. The molecule has 0 unspecified atom stereocenters. The molecule has 2 aliphatic rings. The van der Waals surface area contributed by atoms with Gasteiger partial charge in [-0.25, -0.2) is 82.6 Å². The Morgan fingerprint density at radius 1 is 0.358 bits per heavy atom. The third kappa shape index (κ3) is 4.28. The molecule has 0 aliphatic carbocycles. The lowest BCUT2D eigenvalue weighted by Crippen LogP contribution is -2.01. The van der Waals surface area contributed by atoms with Crippen molar-refractivity contribution < 1.29 is 52.7 Å². The van der Waals surface area contributed by atoms with E-state index in [0.717, 1.165) is 0 Å². The molecule has 0 amide bonds. The second-order valence-electron chi connectivity index (χ2n) is 11.3. The van der Waals surface area contributed by atoms with Crippen molar-refractivity contribution in [2.45, 2.75) is 0 Å². The Morgan fingerprint density at radius 3 is 1.17 bits per heavy atom. The number of benzene rings is 4. The number of nitrogens with one attached hydrogen (secondary N) is 2. The van der Waals surface area contributed by atoms with Gasteiger partial charge in [-0.1, -0.05) is 11.6 Å². The SMILES string of the molecule is Fc1c(F)c(F)c2c(c1F)-c1nc3nc(nc4[nH]c(nc5[nH]c(nc-2n1)c1c(F)c(F)c(F)c(F)c51)c1c(F)c(F)c(F)c(F)c41)-c1ccc(Cl)cc1-3. The van der Waals surface area contributed by atoms with Crippen LogP contribution in [0, 0.1) is 69.8 Å². The molecular weight excluding hydrogens is 760 g/mol. The number of hydrogen-bond donors (Lipinski definition) is 2. The summed E-state index contributed by atoms with van der Waals surface area (Å²) in [5.41, 5.74) is -6.42. The van der Waals surface area contributed by atoms with E-state index in [4.69, 9.17) is 11.6 Å². The zero-order valence-electron chi connectivity index (χ0n) is 24.8. The van der Waals surface area contributed by atoms with Crippen molar-refractivity contribution in [2.24, 2.45) is 0 Å². The zero-order chi connectivity index (χ0) is 37.5. The summed E-state index contributed by atoms with van der Waals surface area (Å²) in [7, 11) is 0. The van der Waals surface area contributed by atoms with E-state index in [1.54, 1.807) is 0 Å². The second kappa shape index (κ2) is 10.9. The molecule has 0 saturated heterocycles. The van der Waals surface area contributed by atoms with E-state index in [-0.39, 0.29) is 16.1 Å². The summed E-state index contributed by atoms with van der Waals surface area (Å²) in [6.45, 7) is 0. The Labute approximate surface area is 286 Å². The van der Waals surface area contributed by atoms with Crippen molar-refractivity contribution >= 4 is 55.7 Å². The van der Waals surface area contributed by atoms with Crippen molar-refractivity contribution in [3.63, 3.8) is 0 Å². The van der Waals surface area contributed by atoms with Crippen LogP contribution in [0.3, 0.4) is 0 Å². The minimum atomic E-state index is -2.41. The Hall–Kier alpha value is -6.31. The molecule has 8 bridgehead atoms. The molecule has 0 radical (unpaired) electrons. The molecule has 4 aromatic carbocycles. The first-order chi connectivity index (χ1) is 25.2. The predicted octanol–water partition coefficient (Wildman–Crippen LogP) is 9.19. The molecule has 9 rings (SSSR count). The molecule has 8 nitrogen and oxygen atoms in total. The number of nitrogens with zero attached hydrogens (tertiary/aromatic N) is 6. The summed E-state index contributed by atoms with van der Waals surface area (Å²) in [6, 6.07) is 3.82. The number of hydrogen-bond acceptors (Lipinski definition) is 6. The van der Waals surface area contributed by atoms with Gasteiger partial charge in [0.05, 0.1) is 32.7 Å². The average molecular weight is 765 g/mol. The lowest BCUT2D eigenvalue weighted by molar-refractivity contribution is 0.412. The summed E-state index contributed by atoms with van der Waals surface area (Å²) < 4.78 is 180. The fourth-order valence-corrected chi connectivity index (χ4v) is 6.27. The Bertz CT molecular complexity index is 3070. The van der Waals surface area contributed by atoms with Crippen molar-refractivity contribution in [1.82, 2.24) is 39.9 Å². The number of fused-ring (bicyclic) bond motifs is 20. The first-order valence-corrected chi connectivity index (χ1v) is 14.8. The summed E-state index contributed by atoms with van der Waals surface area (Å²) in [4.78, 5) is 28.2. The molecule has 2 N–H and O–H groups in total. The fourth-order valence-electron chi connectivity index (χ4n) is 6.10. The summed E-state index contributed by atoms with van der Waals surface area (Å²) in [6.07, 6.45) is 0. The van der Waals surface area contributed by atoms with Gasteiger partial charge < -0.3 is 9.97 Å². The topological polar surface area (TPSA) is 109 Å². The second-order valence-corrected chi connectivity index (χ2v) is 11.8. The van der Waals surface area contributed by atoms with Crippen LogP contribution in [-0.4, -0.2) is 39.9 Å². The highest BCUT2D eigenvalue weighted by Crippen LogP contribution is 2.43. The smallest absolute Gasteiger partial charge is 0.198 e. The predicted molar refractivity (Wildman–Crippen MR) is 161 cm³/mol. The molecule has 0 atom stereocenters. The third-order valence-electron chi connectivity index (χ3n) is 8.43.